The SMILES string of the molecule is CC1=CC(C(=O)C=O)=CC2=COCC12. The summed E-state index contributed by atoms with van der Waals surface area (Å²) in [5.74, 6) is -0.214. The molecule has 14 heavy (non-hydrogen) atoms. The first-order chi connectivity index (χ1) is 6.72. The fourth-order valence-electron chi connectivity index (χ4n) is 1.73. The Morgan fingerprint density at radius 1 is 1.57 bits per heavy atom. The molecule has 0 N–H and O–H groups in total. The smallest absolute Gasteiger partial charge is 0.225 e. The maximum atomic E-state index is 11.2. The molecule has 2 rings (SSSR count). The monoisotopic (exact) mass is 190 g/mol. The molecule has 1 aliphatic heterocycles. The van der Waals surface area contributed by atoms with Crippen molar-refractivity contribution < 1.29 is 14.3 Å². The van der Waals surface area contributed by atoms with E-state index >= 15 is 0 Å². The van der Waals surface area contributed by atoms with Crippen LogP contribution in [0.3, 0.4) is 0 Å². The van der Waals surface area contributed by atoms with Gasteiger partial charge in [-0.3, -0.25) is 9.59 Å². The summed E-state index contributed by atoms with van der Waals surface area (Å²) in [5.41, 5.74) is 2.50. The van der Waals surface area contributed by atoms with Crippen molar-refractivity contribution in [2.45, 2.75) is 6.92 Å². The van der Waals surface area contributed by atoms with Gasteiger partial charge in [-0.15, -0.1) is 0 Å². The van der Waals surface area contributed by atoms with E-state index in [1.54, 1.807) is 18.4 Å². The maximum Gasteiger partial charge on any atom is 0.225 e. The van der Waals surface area contributed by atoms with Gasteiger partial charge >= 0.3 is 0 Å². The van der Waals surface area contributed by atoms with Crippen molar-refractivity contribution in [3.8, 4) is 0 Å². The summed E-state index contributed by atoms with van der Waals surface area (Å²) < 4.78 is 5.18. The fraction of sp³-hybridized carbons (Fsp3) is 0.273. The molecule has 2 aliphatic rings. The van der Waals surface area contributed by atoms with Gasteiger partial charge in [0.2, 0.25) is 5.78 Å². The Morgan fingerprint density at radius 3 is 3.07 bits per heavy atom. The van der Waals surface area contributed by atoms with E-state index in [4.69, 9.17) is 4.74 Å². The van der Waals surface area contributed by atoms with Crippen LogP contribution in [0.1, 0.15) is 6.92 Å². The lowest BCUT2D eigenvalue weighted by Gasteiger charge is -2.16. The molecule has 0 aromatic rings. The molecule has 0 fully saturated rings. The first kappa shape index (κ1) is 8.94. The topological polar surface area (TPSA) is 43.4 Å². The molecule has 1 unspecified atom stereocenters. The van der Waals surface area contributed by atoms with Crippen LogP contribution in [0.5, 0.6) is 0 Å². The second kappa shape index (κ2) is 3.25. The van der Waals surface area contributed by atoms with E-state index in [0.29, 0.717) is 18.5 Å². The average molecular weight is 190 g/mol. The van der Waals surface area contributed by atoms with E-state index in [9.17, 15) is 9.59 Å². The van der Waals surface area contributed by atoms with Crippen molar-refractivity contribution in [1.82, 2.24) is 0 Å². The highest BCUT2D eigenvalue weighted by Gasteiger charge is 2.25. The van der Waals surface area contributed by atoms with Crippen LogP contribution in [0, 0.1) is 5.92 Å². The standard InChI is InChI=1S/C11H10O3/c1-7-2-8(11(13)4-12)3-9-5-14-6-10(7)9/h2-5,10H,6H2,1H3. The first-order valence-electron chi connectivity index (χ1n) is 4.43. The van der Waals surface area contributed by atoms with E-state index < -0.39 is 5.78 Å². The number of Topliss-reactive ketones (excluding diaryl/α,β-unsaturated/α-hetero) is 1. The molecule has 0 spiro atoms. The predicted octanol–water partition coefficient (Wildman–Crippen LogP) is 1.17. The van der Waals surface area contributed by atoms with Crippen molar-refractivity contribution in [1.29, 1.82) is 0 Å². The minimum absolute atomic E-state index is 0.262. The molecule has 3 nitrogen and oxygen atoms in total. The number of allylic oxidation sites excluding steroid dienone is 3. The number of aldehydes is 1. The summed E-state index contributed by atoms with van der Waals surface area (Å²) in [6.07, 6.45) is 5.47. The highest BCUT2D eigenvalue weighted by Crippen LogP contribution is 2.32. The minimum atomic E-state index is -0.476. The fourth-order valence-corrected chi connectivity index (χ4v) is 1.73. The molecular weight excluding hydrogens is 180 g/mol. The molecule has 1 aliphatic carbocycles. The van der Waals surface area contributed by atoms with Crippen LogP contribution in [0.15, 0.2) is 35.1 Å². The van der Waals surface area contributed by atoms with Gasteiger partial charge in [-0.2, -0.15) is 0 Å². The number of hydrogen-bond donors (Lipinski definition) is 0. The van der Waals surface area contributed by atoms with Crippen LogP contribution in [0.25, 0.3) is 0 Å². The number of ketones is 1. The van der Waals surface area contributed by atoms with Gasteiger partial charge in [0.15, 0.2) is 6.29 Å². The summed E-state index contributed by atoms with van der Waals surface area (Å²) in [7, 11) is 0. The molecule has 0 bridgehead atoms. The largest absolute Gasteiger partial charge is 0.500 e. The van der Waals surface area contributed by atoms with Crippen LogP contribution in [-0.4, -0.2) is 18.7 Å². The third-order valence-corrected chi connectivity index (χ3v) is 2.53. The van der Waals surface area contributed by atoms with Gasteiger partial charge in [0.05, 0.1) is 12.9 Å². The summed E-state index contributed by atoms with van der Waals surface area (Å²) in [6, 6.07) is 0. The number of carbonyl (C=O) groups is 2. The Kier molecular flexibility index (Phi) is 2.08. The summed E-state index contributed by atoms with van der Waals surface area (Å²) in [4.78, 5) is 21.5. The van der Waals surface area contributed by atoms with Crippen LogP contribution < -0.4 is 0 Å². The lowest BCUT2D eigenvalue weighted by Crippen LogP contribution is -2.13. The van der Waals surface area contributed by atoms with Crippen molar-refractivity contribution in [2.75, 3.05) is 6.61 Å². The zero-order chi connectivity index (χ0) is 10.1. The van der Waals surface area contributed by atoms with Gasteiger partial charge in [-0.05, 0) is 18.6 Å². The van der Waals surface area contributed by atoms with Crippen LogP contribution in [-0.2, 0) is 14.3 Å². The van der Waals surface area contributed by atoms with Crippen LogP contribution in [0.4, 0.5) is 0 Å². The third kappa shape index (κ3) is 1.31. The van der Waals surface area contributed by atoms with Gasteiger partial charge in [0.25, 0.3) is 0 Å². The Bertz CT molecular complexity index is 385. The molecule has 0 saturated carbocycles. The van der Waals surface area contributed by atoms with E-state index in [0.717, 1.165) is 11.1 Å². The molecular formula is C11H10O3. The Balaban J connectivity index is 2.37. The van der Waals surface area contributed by atoms with E-state index in [1.165, 1.54) is 0 Å². The van der Waals surface area contributed by atoms with Gasteiger partial charge in [-0.1, -0.05) is 11.6 Å². The minimum Gasteiger partial charge on any atom is -0.500 e. The highest BCUT2D eigenvalue weighted by atomic mass is 16.5. The van der Waals surface area contributed by atoms with Crippen LogP contribution in [0.2, 0.25) is 0 Å². The van der Waals surface area contributed by atoms with E-state index in [-0.39, 0.29) is 5.92 Å². The quantitative estimate of drug-likeness (QED) is 0.485. The lowest BCUT2D eigenvalue weighted by atomic mass is 9.86. The van der Waals surface area contributed by atoms with Gasteiger partial charge < -0.3 is 4.74 Å². The number of ether oxygens (including phenoxy) is 1. The van der Waals surface area contributed by atoms with Crippen molar-refractivity contribution in [3.05, 3.63) is 35.1 Å². The second-order valence-corrected chi connectivity index (χ2v) is 3.47. The number of hydrogen-bond acceptors (Lipinski definition) is 3. The molecule has 0 aromatic heterocycles. The Hall–Kier alpha value is -1.64. The molecule has 0 aromatic carbocycles. The zero-order valence-electron chi connectivity index (χ0n) is 7.82. The highest BCUT2D eigenvalue weighted by molar-refractivity contribution is 6.34. The molecule has 1 heterocycles. The van der Waals surface area contributed by atoms with Gasteiger partial charge in [0.1, 0.15) is 0 Å². The number of fused-ring (bicyclic) bond motifs is 1. The molecule has 0 amide bonds. The predicted molar refractivity (Wildman–Crippen MR) is 50.4 cm³/mol. The third-order valence-electron chi connectivity index (χ3n) is 2.53. The maximum absolute atomic E-state index is 11.2. The summed E-state index contributed by atoms with van der Waals surface area (Å²) in [6.45, 7) is 2.58. The number of rotatable bonds is 2. The second-order valence-electron chi connectivity index (χ2n) is 3.47. The number of carbonyl (C=O) groups excluding carboxylic acids is 2. The molecule has 72 valence electrons. The molecule has 3 heteroatoms. The van der Waals surface area contributed by atoms with Crippen molar-refractivity contribution in [2.24, 2.45) is 5.92 Å². The average Bonchev–Trinajstić information content (AvgIpc) is 2.64. The first-order valence-corrected chi connectivity index (χ1v) is 4.43. The summed E-state index contributed by atoms with van der Waals surface area (Å²) >= 11 is 0. The van der Waals surface area contributed by atoms with Crippen molar-refractivity contribution in [3.63, 3.8) is 0 Å². The van der Waals surface area contributed by atoms with E-state index in [1.807, 2.05) is 6.92 Å². The summed E-state index contributed by atoms with van der Waals surface area (Å²) in [5, 5.41) is 0. The van der Waals surface area contributed by atoms with Gasteiger partial charge in [0, 0.05) is 11.5 Å². The normalized spacial score (nSPS) is 24.1. The molecule has 0 saturated heterocycles. The lowest BCUT2D eigenvalue weighted by molar-refractivity contribution is -0.127. The Labute approximate surface area is 81.7 Å². The van der Waals surface area contributed by atoms with Gasteiger partial charge in [-0.25, -0.2) is 0 Å². The van der Waals surface area contributed by atoms with Crippen molar-refractivity contribution >= 4 is 12.1 Å². The molecule has 0 radical (unpaired) electrons. The Morgan fingerprint density at radius 2 is 2.36 bits per heavy atom. The molecule has 1 atom stereocenters. The zero-order valence-corrected chi connectivity index (χ0v) is 7.82. The van der Waals surface area contributed by atoms with E-state index in [2.05, 4.69) is 0 Å². The van der Waals surface area contributed by atoms with Crippen LogP contribution >= 0.6 is 0 Å².